The molecule has 0 unspecified atom stereocenters. The van der Waals surface area contributed by atoms with Crippen LogP contribution >= 0.6 is 0 Å². The largest absolute Gasteiger partial charge is 0.391 e. The molecule has 0 aromatic rings. The monoisotopic (exact) mass is 292 g/mol. The summed E-state index contributed by atoms with van der Waals surface area (Å²) in [6, 6.07) is 0. The van der Waals surface area contributed by atoms with E-state index in [2.05, 4.69) is 6.58 Å². The Bertz CT molecular complexity index is 265. The van der Waals surface area contributed by atoms with Gasteiger partial charge in [0.05, 0.1) is 39.1 Å². The van der Waals surface area contributed by atoms with Gasteiger partial charge < -0.3 is 33.9 Å². The molecule has 0 aliphatic carbocycles. The molecule has 1 aliphatic heterocycles. The summed E-state index contributed by atoms with van der Waals surface area (Å²) in [5.74, 6) is -1.15. The number of methoxy groups -OCH3 is 1. The molecule has 7 nitrogen and oxygen atoms in total. The lowest BCUT2D eigenvalue weighted by atomic mass is 10.0. The molecular formula is C13H24O7. The second-order valence-corrected chi connectivity index (χ2v) is 4.42. The first kappa shape index (κ1) is 17.5. The number of ether oxygens (including phenoxy) is 5. The molecule has 0 bridgehead atoms. The number of rotatable bonds is 11. The molecule has 0 amide bonds. The zero-order chi connectivity index (χ0) is 14.8. The SMILES string of the molecule is C=C[C@@H](OCOCCOC)[C@H](O)CC1(CO)OCCO1. The average Bonchev–Trinajstić information content (AvgIpc) is 2.92. The summed E-state index contributed by atoms with van der Waals surface area (Å²) in [7, 11) is 1.58. The van der Waals surface area contributed by atoms with E-state index in [-0.39, 0.29) is 19.8 Å². The standard InChI is InChI=1S/C13H24O7/c1-3-12(18-10-17-5-4-16-2)11(15)8-13(9-14)19-6-7-20-13/h3,11-12,14-15H,1,4-10H2,2H3/t11-,12-/m1/s1. The van der Waals surface area contributed by atoms with Gasteiger partial charge in [0.1, 0.15) is 12.9 Å². The minimum absolute atomic E-state index is 0.0188. The molecular weight excluding hydrogens is 268 g/mol. The summed E-state index contributed by atoms with van der Waals surface area (Å²) in [6.07, 6.45) is 0.0281. The van der Waals surface area contributed by atoms with Gasteiger partial charge in [0.25, 0.3) is 0 Å². The van der Waals surface area contributed by atoms with Gasteiger partial charge in [0, 0.05) is 13.5 Å². The lowest BCUT2D eigenvalue weighted by molar-refractivity contribution is -0.210. The molecule has 1 saturated heterocycles. The van der Waals surface area contributed by atoms with Crippen LogP contribution in [0.2, 0.25) is 0 Å². The highest BCUT2D eigenvalue weighted by Crippen LogP contribution is 2.26. The second-order valence-electron chi connectivity index (χ2n) is 4.42. The second kappa shape index (κ2) is 9.41. The van der Waals surface area contributed by atoms with Crippen molar-refractivity contribution in [3.8, 4) is 0 Å². The molecule has 0 radical (unpaired) electrons. The van der Waals surface area contributed by atoms with Crippen molar-refractivity contribution in [1.82, 2.24) is 0 Å². The molecule has 1 fully saturated rings. The Morgan fingerprint density at radius 2 is 2.05 bits per heavy atom. The van der Waals surface area contributed by atoms with Crippen LogP contribution in [-0.2, 0) is 23.7 Å². The summed E-state index contributed by atoms with van der Waals surface area (Å²) in [4.78, 5) is 0. The molecule has 1 rings (SSSR count). The average molecular weight is 292 g/mol. The predicted molar refractivity (Wildman–Crippen MR) is 70.1 cm³/mol. The number of aliphatic hydroxyl groups is 2. The molecule has 1 heterocycles. The minimum atomic E-state index is -1.15. The van der Waals surface area contributed by atoms with Crippen molar-refractivity contribution in [1.29, 1.82) is 0 Å². The highest BCUT2D eigenvalue weighted by Gasteiger charge is 2.39. The Morgan fingerprint density at radius 3 is 2.60 bits per heavy atom. The number of hydrogen-bond acceptors (Lipinski definition) is 7. The lowest BCUT2D eigenvalue weighted by Crippen LogP contribution is -2.42. The van der Waals surface area contributed by atoms with Gasteiger partial charge in [0.2, 0.25) is 0 Å². The fourth-order valence-corrected chi connectivity index (χ4v) is 1.87. The third-order valence-electron chi connectivity index (χ3n) is 2.96. The minimum Gasteiger partial charge on any atom is -0.391 e. The summed E-state index contributed by atoms with van der Waals surface area (Å²) < 4.78 is 26.0. The van der Waals surface area contributed by atoms with E-state index in [1.54, 1.807) is 7.11 Å². The van der Waals surface area contributed by atoms with Gasteiger partial charge in [-0.2, -0.15) is 0 Å². The van der Waals surface area contributed by atoms with Crippen LogP contribution < -0.4 is 0 Å². The molecule has 0 aromatic carbocycles. The Hall–Kier alpha value is -0.540. The van der Waals surface area contributed by atoms with E-state index < -0.39 is 18.0 Å². The van der Waals surface area contributed by atoms with E-state index in [0.717, 1.165) is 0 Å². The fraction of sp³-hybridized carbons (Fsp3) is 0.846. The van der Waals surface area contributed by atoms with Crippen molar-refractivity contribution in [2.75, 3.05) is 46.9 Å². The maximum absolute atomic E-state index is 10.1. The first-order valence-corrected chi connectivity index (χ1v) is 6.55. The molecule has 0 spiro atoms. The maximum atomic E-state index is 10.1. The van der Waals surface area contributed by atoms with E-state index in [4.69, 9.17) is 23.7 Å². The topological polar surface area (TPSA) is 86.6 Å². The zero-order valence-corrected chi connectivity index (χ0v) is 11.8. The highest BCUT2D eigenvalue weighted by atomic mass is 16.7. The van der Waals surface area contributed by atoms with E-state index in [0.29, 0.717) is 26.4 Å². The van der Waals surface area contributed by atoms with Crippen molar-refractivity contribution < 1.29 is 33.9 Å². The Balaban J connectivity index is 2.34. The lowest BCUT2D eigenvalue weighted by Gasteiger charge is -2.30. The van der Waals surface area contributed by atoms with Crippen molar-refractivity contribution in [3.63, 3.8) is 0 Å². The van der Waals surface area contributed by atoms with Crippen molar-refractivity contribution >= 4 is 0 Å². The smallest absolute Gasteiger partial charge is 0.194 e. The van der Waals surface area contributed by atoms with Crippen LogP contribution in [0.1, 0.15) is 6.42 Å². The van der Waals surface area contributed by atoms with Crippen LogP contribution in [0.25, 0.3) is 0 Å². The Morgan fingerprint density at radius 1 is 1.35 bits per heavy atom. The van der Waals surface area contributed by atoms with E-state index in [1.807, 2.05) is 0 Å². The fourth-order valence-electron chi connectivity index (χ4n) is 1.87. The normalized spacial score (nSPS) is 20.8. The summed E-state index contributed by atoms with van der Waals surface area (Å²) in [5.41, 5.74) is 0. The molecule has 2 atom stereocenters. The molecule has 7 heteroatoms. The van der Waals surface area contributed by atoms with Gasteiger partial charge in [-0.25, -0.2) is 0 Å². The number of hydrogen-bond donors (Lipinski definition) is 2. The van der Waals surface area contributed by atoms with Crippen molar-refractivity contribution in [2.24, 2.45) is 0 Å². The van der Waals surface area contributed by atoms with Crippen LogP contribution in [0.5, 0.6) is 0 Å². The first-order chi connectivity index (χ1) is 9.67. The summed E-state index contributed by atoms with van der Waals surface area (Å²) in [5, 5.41) is 19.4. The van der Waals surface area contributed by atoms with Gasteiger partial charge in [-0.15, -0.1) is 6.58 Å². The molecule has 2 N–H and O–H groups in total. The van der Waals surface area contributed by atoms with Gasteiger partial charge in [-0.05, 0) is 0 Å². The molecule has 1 aliphatic rings. The van der Waals surface area contributed by atoms with Crippen molar-refractivity contribution in [3.05, 3.63) is 12.7 Å². The maximum Gasteiger partial charge on any atom is 0.194 e. The van der Waals surface area contributed by atoms with E-state index >= 15 is 0 Å². The van der Waals surface area contributed by atoms with Crippen LogP contribution in [-0.4, -0.2) is 75.1 Å². The highest BCUT2D eigenvalue weighted by molar-refractivity contribution is 4.90. The van der Waals surface area contributed by atoms with Crippen LogP contribution in [0.4, 0.5) is 0 Å². The van der Waals surface area contributed by atoms with Crippen LogP contribution in [0, 0.1) is 0 Å². The van der Waals surface area contributed by atoms with E-state index in [1.165, 1.54) is 6.08 Å². The quantitative estimate of drug-likeness (QED) is 0.306. The molecule has 118 valence electrons. The van der Waals surface area contributed by atoms with Crippen molar-refractivity contribution in [2.45, 2.75) is 24.4 Å². The summed E-state index contributed by atoms with van der Waals surface area (Å²) in [6.45, 7) is 4.98. The zero-order valence-electron chi connectivity index (χ0n) is 11.8. The Labute approximate surface area is 119 Å². The third-order valence-corrected chi connectivity index (χ3v) is 2.96. The van der Waals surface area contributed by atoms with Gasteiger partial charge >= 0.3 is 0 Å². The first-order valence-electron chi connectivity index (χ1n) is 6.55. The van der Waals surface area contributed by atoms with Gasteiger partial charge in [0.15, 0.2) is 5.79 Å². The van der Waals surface area contributed by atoms with E-state index in [9.17, 15) is 10.2 Å². The number of aliphatic hydroxyl groups excluding tert-OH is 2. The van der Waals surface area contributed by atoms with Gasteiger partial charge in [-0.3, -0.25) is 0 Å². The predicted octanol–water partition coefficient (Wildman–Crippen LogP) is -0.336. The Kier molecular flexibility index (Phi) is 8.24. The van der Waals surface area contributed by atoms with Crippen LogP contribution in [0.3, 0.4) is 0 Å². The third kappa shape index (κ3) is 5.45. The summed E-state index contributed by atoms with van der Waals surface area (Å²) >= 11 is 0. The molecule has 20 heavy (non-hydrogen) atoms. The van der Waals surface area contributed by atoms with Crippen LogP contribution in [0.15, 0.2) is 12.7 Å². The molecule has 0 aromatic heterocycles. The molecule has 0 saturated carbocycles. The van der Waals surface area contributed by atoms with Gasteiger partial charge in [-0.1, -0.05) is 6.08 Å².